The third-order valence-electron chi connectivity index (χ3n) is 2.92. The number of carbonyl (C=O) groups is 1. The highest BCUT2D eigenvalue weighted by Gasteiger charge is 2.26. The Morgan fingerprint density at radius 2 is 2.31 bits per heavy atom. The Kier molecular flexibility index (Phi) is 3.07. The monoisotopic (exact) mass is 239 g/mol. The van der Waals surface area contributed by atoms with E-state index in [1.54, 1.807) is 6.07 Å². The van der Waals surface area contributed by atoms with Crippen LogP contribution >= 0.6 is 0 Å². The Morgan fingerprint density at radius 3 is 2.94 bits per heavy atom. The van der Waals surface area contributed by atoms with Crippen LogP contribution < -0.4 is 5.73 Å². The lowest BCUT2D eigenvalue weighted by molar-refractivity contribution is -0.119. The normalized spacial score (nSPS) is 20.4. The summed E-state index contributed by atoms with van der Waals surface area (Å²) in [4.78, 5) is 11.2. The van der Waals surface area contributed by atoms with E-state index in [0.29, 0.717) is 0 Å². The van der Waals surface area contributed by atoms with E-state index in [4.69, 9.17) is 10.3 Å². The van der Waals surface area contributed by atoms with Gasteiger partial charge in [0.1, 0.15) is 0 Å². The summed E-state index contributed by atoms with van der Waals surface area (Å²) in [6.45, 7) is 0. The second kappa shape index (κ2) is 4.35. The summed E-state index contributed by atoms with van der Waals surface area (Å²) in [6, 6.07) is 5.53. The summed E-state index contributed by atoms with van der Waals surface area (Å²) in [5.41, 5.74) is 8.18. The van der Waals surface area contributed by atoms with Gasteiger partial charge >= 0.3 is 0 Å². The quantitative estimate of drug-likeness (QED) is 0.770. The topological polar surface area (TPSA) is 80.4 Å². The third kappa shape index (κ3) is 2.15. The van der Waals surface area contributed by atoms with Crippen LogP contribution in [0.3, 0.4) is 0 Å². The molecule has 3 N–H and O–H groups in total. The fourth-order valence-corrected chi connectivity index (χ4v) is 2.66. The van der Waals surface area contributed by atoms with Crippen molar-refractivity contribution in [3.8, 4) is 0 Å². The number of carbonyl (C=O) groups excluding carboxylic acids is 1. The van der Waals surface area contributed by atoms with Crippen molar-refractivity contribution in [3.63, 3.8) is 0 Å². The summed E-state index contributed by atoms with van der Waals surface area (Å²) >= 11 is -1.82. The molecule has 1 aliphatic carbocycles. The first kappa shape index (κ1) is 11.3. The smallest absolute Gasteiger partial charge is 0.224 e. The number of fused-ring (bicyclic) bond motifs is 1. The lowest BCUT2D eigenvalue weighted by Gasteiger charge is -2.07. The fraction of sp³-hybridized carbons (Fsp3) is 0.364. The average Bonchev–Trinajstić information content (AvgIpc) is 2.59. The summed E-state index contributed by atoms with van der Waals surface area (Å²) in [5, 5.41) is 0. The van der Waals surface area contributed by atoms with Gasteiger partial charge in [0, 0.05) is 0 Å². The van der Waals surface area contributed by atoms with Crippen LogP contribution in [0.15, 0.2) is 18.2 Å². The number of primary amides is 1. The summed E-state index contributed by atoms with van der Waals surface area (Å²) in [7, 11) is 0. The molecule has 0 heterocycles. The number of nitrogens with two attached hydrogens (primary N) is 1. The predicted molar refractivity (Wildman–Crippen MR) is 61.2 cm³/mol. The number of rotatable bonds is 3. The van der Waals surface area contributed by atoms with Crippen LogP contribution in [-0.4, -0.2) is 14.7 Å². The van der Waals surface area contributed by atoms with E-state index in [0.717, 1.165) is 29.5 Å². The van der Waals surface area contributed by atoms with E-state index in [1.165, 1.54) is 0 Å². The lowest BCUT2D eigenvalue weighted by atomic mass is 10.00. The minimum atomic E-state index is -1.82. The van der Waals surface area contributed by atoms with Crippen LogP contribution in [0.5, 0.6) is 0 Å². The summed E-state index contributed by atoms with van der Waals surface area (Å²) < 4.78 is 19.5. The number of benzene rings is 1. The van der Waals surface area contributed by atoms with Gasteiger partial charge in [-0.1, -0.05) is 18.2 Å². The second-order valence-corrected chi connectivity index (χ2v) is 4.92. The number of hydrogen-bond acceptors (Lipinski definition) is 2. The molecule has 0 aromatic heterocycles. The van der Waals surface area contributed by atoms with Crippen molar-refractivity contribution < 1.29 is 13.6 Å². The Morgan fingerprint density at radius 1 is 1.56 bits per heavy atom. The Bertz CT molecular complexity index is 459. The molecule has 2 atom stereocenters. The summed E-state index contributed by atoms with van der Waals surface area (Å²) in [5.74, 6) is -0.352. The van der Waals surface area contributed by atoms with Gasteiger partial charge in [-0.2, -0.15) is 0 Å². The maximum atomic E-state index is 11.2. The largest absolute Gasteiger partial charge is 0.369 e. The van der Waals surface area contributed by atoms with Gasteiger partial charge < -0.3 is 10.3 Å². The second-order valence-electron chi connectivity index (χ2n) is 3.99. The Hall–Kier alpha value is -1.20. The average molecular weight is 239 g/mol. The predicted octanol–water partition coefficient (Wildman–Crippen LogP) is 0.923. The molecule has 0 saturated carbocycles. The molecule has 16 heavy (non-hydrogen) atoms. The highest BCUT2D eigenvalue weighted by Crippen LogP contribution is 2.33. The standard InChI is InChI=1S/C11H13NO3S/c12-11(13)10-4-2-8-5-7(6-16(14)15)1-3-9(8)10/h1,3,5,10H,2,4,6H2,(H2,12,13)(H,14,15). The van der Waals surface area contributed by atoms with Crippen molar-refractivity contribution in [1.29, 1.82) is 0 Å². The zero-order chi connectivity index (χ0) is 11.7. The van der Waals surface area contributed by atoms with E-state index in [1.807, 2.05) is 12.1 Å². The minimum absolute atomic E-state index is 0.133. The van der Waals surface area contributed by atoms with Gasteiger partial charge in [-0.05, 0) is 29.5 Å². The van der Waals surface area contributed by atoms with E-state index in [9.17, 15) is 9.00 Å². The molecule has 2 unspecified atom stereocenters. The van der Waals surface area contributed by atoms with Crippen molar-refractivity contribution in [3.05, 3.63) is 34.9 Å². The lowest BCUT2D eigenvalue weighted by Crippen LogP contribution is -2.19. The van der Waals surface area contributed by atoms with E-state index in [2.05, 4.69) is 0 Å². The molecule has 1 amide bonds. The first-order valence-electron chi connectivity index (χ1n) is 5.06. The van der Waals surface area contributed by atoms with Crippen LogP contribution in [0, 0.1) is 0 Å². The molecule has 0 bridgehead atoms. The van der Waals surface area contributed by atoms with Gasteiger partial charge in [-0.3, -0.25) is 4.79 Å². The molecule has 2 rings (SSSR count). The molecule has 5 heteroatoms. The number of amides is 1. The van der Waals surface area contributed by atoms with Gasteiger partial charge in [-0.15, -0.1) is 0 Å². The molecule has 0 saturated heterocycles. The molecule has 86 valence electrons. The van der Waals surface area contributed by atoms with Crippen LogP contribution in [0.4, 0.5) is 0 Å². The van der Waals surface area contributed by atoms with Gasteiger partial charge in [0.25, 0.3) is 0 Å². The van der Waals surface area contributed by atoms with Gasteiger partial charge in [0.2, 0.25) is 5.91 Å². The van der Waals surface area contributed by atoms with Crippen LogP contribution in [0.2, 0.25) is 0 Å². The fourth-order valence-electron chi connectivity index (χ4n) is 2.20. The molecular formula is C11H13NO3S. The van der Waals surface area contributed by atoms with Crippen molar-refractivity contribution in [2.45, 2.75) is 24.5 Å². The molecule has 0 spiro atoms. The first-order valence-corrected chi connectivity index (χ1v) is 6.34. The van der Waals surface area contributed by atoms with E-state index in [-0.39, 0.29) is 17.6 Å². The zero-order valence-corrected chi connectivity index (χ0v) is 9.50. The molecule has 0 aliphatic heterocycles. The molecule has 1 aromatic carbocycles. The first-order chi connectivity index (χ1) is 7.58. The molecule has 4 nitrogen and oxygen atoms in total. The minimum Gasteiger partial charge on any atom is -0.369 e. The maximum absolute atomic E-state index is 11.2. The Balaban J connectivity index is 2.29. The van der Waals surface area contributed by atoms with Crippen molar-refractivity contribution in [2.24, 2.45) is 5.73 Å². The zero-order valence-electron chi connectivity index (χ0n) is 8.68. The van der Waals surface area contributed by atoms with Crippen molar-refractivity contribution in [2.75, 3.05) is 0 Å². The van der Waals surface area contributed by atoms with Gasteiger partial charge in [0.15, 0.2) is 11.1 Å². The maximum Gasteiger partial charge on any atom is 0.224 e. The van der Waals surface area contributed by atoms with Crippen LogP contribution in [0.25, 0.3) is 0 Å². The molecule has 0 radical (unpaired) electrons. The third-order valence-corrected chi connectivity index (χ3v) is 3.50. The number of hydrogen-bond donors (Lipinski definition) is 2. The molecule has 1 aromatic rings. The van der Waals surface area contributed by atoms with Gasteiger partial charge in [0.05, 0.1) is 11.7 Å². The molecule has 1 aliphatic rings. The van der Waals surface area contributed by atoms with Gasteiger partial charge in [-0.25, -0.2) is 4.21 Å². The summed E-state index contributed by atoms with van der Waals surface area (Å²) in [6.07, 6.45) is 1.56. The van der Waals surface area contributed by atoms with E-state index >= 15 is 0 Å². The molecule has 0 fully saturated rings. The number of aryl methyl sites for hydroxylation is 1. The van der Waals surface area contributed by atoms with Crippen LogP contribution in [-0.2, 0) is 28.0 Å². The Labute approximate surface area is 96.1 Å². The van der Waals surface area contributed by atoms with Crippen LogP contribution in [0.1, 0.15) is 29.0 Å². The molecular weight excluding hydrogens is 226 g/mol. The van der Waals surface area contributed by atoms with Crippen molar-refractivity contribution in [1.82, 2.24) is 0 Å². The highest BCUT2D eigenvalue weighted by atomic mass is 32.2. The van der Waals surface area contributed by atoms with Crippen molar-refractivity contribution >= 4 is 17.0 Å². The SMILES string of the molecule is NC(=O)C1CCc2cc(CS(=O)O)ccc21. The van der Waals surface area contributed by atoms with E-state index < -0.39 is 11.1 Å². The highest BCUT2D eigenvalue weighted by molar-refractivity contribution is 7.78.